The number of nitrogens with zero attached hydrogens (tertiary/aromatic N) is 1. The van der Waals surface area contributed by atoms with Gasteiger partial charge in [0.2, 0.25) is 17.7 Å². The number of carbonyl (C=O) groups is 6. The third-order valence-corrected chi connectivity index (χ3v) is 5.33. The summed E-state index contributed by atoms with van der Waals surface area (Å²) in [7, 11) is 0. The van der Waals surface area contributed by atoms with Crippen molar-refractivity contribution in [2.24, 2.45) is 11.7 Å². The highest BCUT2D eigenvalue weighted by Gasteiger charge is 2.38. The molecule has 1 saturated heterocycles. The molecule has 4 unspecified atom stereocenters. The predicted octanol–water partition coefficient (Wildman–Crippen LogP) is -1.26. The number of aliphatic carboxylic acids is 3. The summed E-state index contributed by atoms with van der Waals surface area (Å²) in [6, 6.07) is -4.54. The number of carboxylic acid groups (broad SMARTS) is 3. The van der Waals surface area contributed by atoms with Crippen LogP contribution >= 0.6 is 0 Å². The van der Waals surface area contributed by atoms with E-state index in [1.165, 1.54) is 4.90 Å². The number of nitrogens with one attached hydrogen (secondary N) is 2. The zero-order valence-corrected chi connectivity index (χ0v) is 18.7. The van der Waals surface area contributed by atoms with E-state index < -0.39 is 72.1 Å². The van der Waals surface area contributed by atoms with Crippen molar-refractivity contribution in [1.82, 2.24) is 15.5 Å². The van der Waals surface area contributed by atoms with Crippen molar-refractivity contribution in [2.45, 2.75) is 76.5 Å². The Morgan fingerprint density at radius 2 is 1.55 bits per heavy atom. The van der Waals surface area contributed by atoms with E-state index in [0.29, 0.717) is 12.8 Å². The van der Waals surface area contributed by atoms with Crippen LogP contribution in [0.2, 0.25) is 0 Å². The van der Waals surface area contributed by atoms with Crippen LogP contribution in [0.5, 0.6) is 0 Å². The number of rotatable bonds is 13. The standard InChI is InChI=1S/C20H32N4O9/c1-10(2)16(18(30)22-12(20(32)33)6-8-15(27)28)23-17(29)13-4-3-9-24(13)19(31)11(21)5-7-14(25)26/h10-13,16H,3-9,21H2,1-2H3,(H,22,30)(H,23,29)(H,25,26)(H,27,28)(H,32,33). The second-order valence-electron chi connectivity index (χ2n) is 8.29. The maximum Gasteiger partial charge on any atom is 0.326 e. The van der Waals surface area contributed by atoms with Gasteiger partial charge in [0.25, 0.3) is 0 Å². The second kappa shape index (κ2) is 12.7. The summed E-state index contributed by atoms with van der Waals surface area (Å²) in [6.45, 7) is 3.53. The van der Waals surface area contributed by atoms with Crippen LogP contribution in [0.4, 0.5) is 0 Å². The molecule has 7 N–H and O–H groups in total. The first-order chi connectivity index (χ1) is 15.3. The number of likely N-dealkylation sites (tertiary alicyclic amines) is 1. The number of carboxylic acids is 3. The van der Waals surface area contributed by atoms with Crippen molar-refractivity contribution < 1.29 is 44.1 Å². The highest BCUT2D eigenvalue weighted by Crippen LogP contribution is 2.20. The van der Waals surface area contributed by atoms with E-state index in [4.69, 9.17) is 15.9 Å². The fourth-order valence-electron chi connectivity index (χ4n) is 3.49. The molecule has 0 radical (unpaired) electrons. The Bertz CT molecular complexity index is 771. The van der Waals surface area contributed by atoms with Crippen molar-refractivity contribution in [3.05, 3.63) is 0 Å². The van der Waals surface area contributed by atoms with Crippen molar-refractivity contribution in [3.63, 3.8) is 0 Å². The predicted molar refractivity (Wildman–Crippen MR) is 113 cm³/mol. The lowest BCUT2D eigenvalue weighted by molar-refractivity contribution is -0.144. The maximum atomic E-state index is 12.9. The third-order valence-electron chi connectivity index (χ3n) is 5.33. The zero-order valence-electron chi connectivity index (χ0n) is 18.7. The van der Waals surface area contributed by atoms with Crippen LogP contribution in [0.3, 0.4) is 0 Å². The zero-order chi connectivity index (χ0) is 25.3. The normalized spacial score (nSPS) is 18.3. The number of nitrogens with two attached hydrogens (primary N) is 1. The minimum Gasteiger partial charge on any atom is -0.481 e. The fourth-order valence-corrected chi connectivity index (χ4v) is 3.49. The van der Waals surface area contributed by atoms with Crippen molar-refractivity contribution in [3.8, 4) is 0 Å². The summed E-state index contributed by atoms with van der Waals surface area (Å²) < 4.78 is 0. The van der Waals surface area contributed by atoms with Crippen LogP contribution in [0.1, 0.15) is 52.4 Å². The van der Waals surface area contributed by atoms with Gasteiger partial charge < -0.3 is 36.6 Å². The molecule has 1 rings (SSSR count). The third kappa shape index (κ3) is 8.67. The highest BCUT2D eigenvalue weighted by atomic mass is 16.4. The van der Waals surface area contributed by atoms with Gasteiger partial charge in [0, 0.05) is 19.4 Å². The van der Waals surface area contributed by atoms with Gasteiger partial charge >= 0.3 is 17.9 Å². The molecule has 186 valence electrons. The molecule has 0 bridgehead atoms. The van der Waals surface area contributed by atoms with E-state index in [1.807, 2.05) is 0 Å². The average molecular weight is 472 g/mol. The van der Waals surface area contributed by atoms with E-state index in [-0.39, 0.29) is 25.8 Å². The first-order valence-corrected chi connectivity index (χ1v) is 10.7. The van der Waals surface area contributed by atoms with Gasteiger partial charge in [-0.2, -0.15) is 0 Å². The van der Waals surface area contributed by atoms with E-state index in [0.717, 1.165) is 0 Å². The Labute approximate surface area is 190 Å². The van der Waals surface area contributed by atoms with Crippen molar-refractivity contribution in [2.75, 3.05) is 6.54 Å². The van der Waals surface area contributed by atoms with Gasteiger partial charge in [-0.1, -0.05) is 13.8 Å². The van der Waals surface area contributed by atoms with Gasteiger partial charge in [-0.3, -0.25) is 24.0 Å². The average Bonchev–Trinajstić information content (AvgIpc) is 3.21. The molecular weight excluding hydrogens is 440 g/mol. The molecule has 0 spiro atoms. The molecule has 4 atom stereocenters. The molecule has 1 aliphatic rings. The van der Waals surface area contributed by atoms with Gasteiger partial charge in [0.05, 0.1) is 6.04 Å². The SMILES string of the molecule is CC(C)C(NC(=O)C1CCCN1C(=O)C(N)CCC(=O)O)C(=O)NC(CCC(=O)O)C(=O)O. The molecule has 3 amide bonds. The summed E-state index contributed by atoms with van der Waals surface area (Å²) in [5.74, 6) is -6.10. The van der Waals surface area contributed by atoms with Gasteiger partial charge in [-0.15, -0.1) is 0 Å². The fraction of sp³-hybridized carbons (Fsp3) is 0.700. The van der Waals surface area contributed by atoms with Crippen LogP contribution in [0.15, 0.2) is 0 Å². The molecule has 1 heterocycles. The number of hydrogen-bond acceptors (Lipinski definition) is 7. The first-order valence-electron chi connectivity index (χ1n) is 10.7. The topological polar surface area (TPSA) is 216 Å². The Kier molecular flexibility index (Phi) is 10.7. The summed E-state index contributed by atoms with van der Waals surface area (Å²) in [4.78, 5) is 72.2. The molecule has 33 heavy (non-hydrogen) atoms. The van der Waals surface area contributed by atoms with Crippen LogP contribution in [0.25, 0.3) is 0 Å². The molecule has 0 aliphatic carbocycles. The molecule has 0 aromatic heterocycles. The van der Waals surface area contributed by atoms with E-state index in [2.05, 4.69) is 10.6 Å². The molecule has 0 aromatic carbocycles. The lowest BCUT2D eigenvalue weighted by Crippen LogP contribution is -2.58. The Balaban J connectivity index is 2.85. The van der Waals surface area contributed by atoms with Crippen LogP contribution in [-0.4, -0.2) is 86.6 Å². The summed E-state index contributed by atoms with van der Waals surface area (Å²) in [5, 5.41) is 31.6. The van der Waals surface area contributed by atoms with E-state index in [9.17, 15) is 33.9 Å². The molecular formula is C20H32N4O9. The summed E-state index contributed by atoms with van der Waals surface area (Å²) >= 11 is 0. The Hall–Kier alpha value is -3.22. The summed E-state index contributed by atoms with van der Waals surface area (Å²) in [5.41, 5.74) is 5.79. The van der Waals surface area contributed by atoms with Crippen LogP contribution in [-0.2, 0) is 28.8 Å². The largest absolute Gasteiger partial charge is 0.481 e. The number of amides is 3. The molecule has 13 nitrogen and oxygen atoms in total. The Morgan fingerprint density at radius 1 is 0.970 bits per heavy atom. The van der Waals surface area contributed by atoms with E-state index >= 15 is 0 Å². The van der Waals surface area contributed by atoms with Gasteiger partial charge in [0.15, 0.2) is 0 Å². The minimum absolute atomic E-state index is 0.0804. The smallest absolute Gasteiger partial charge is 0.326 e. The van der Waals surface area contributed by atoms with Gasteiger partial charge in [-0.05, 0) is 31.6 Å². The molecule has 0 aromatic rings. The second-order valence-corrected chi connectivity index (χ2v) is 8.29. The number of hydrogen-bond donors (Lipinski definition) is 6. The highest BCUT2D eigenvalue weighted by molar-refractivity contribution is 5.94. The summed E-state index contributed by atoms with van der Waals surface area (Å²) in [6.07, 6.45) is -0.315. The molecule has 1 aliphatic heterocycles. The van der Waals surface area contributed by atoms with Crippen molar-refractivity contribution >= 4 is 35.6 Å². The Morgan fingerprint density at radius 3 is 2.06 bits per heavy atom. The molecule has 1 fully saturated rings. The molecule has 13 heteroatoms. The van der Waals surface area contributed by atoms with Gasteiger partial charge in [0.1, 0.15) is 18.1 Å². The number of carbonyl (C=O) groups excluding carboxylic acids is 3. The first kappa shape index (κ1) is 27.8. The lowest BCUT2D eigenvalue weighted by Gasteiger charge is -2.29. The minimum atomic E-state index is -1.44. The van der Waals surface area contributed by atoms with Gasteiger partial charge in [-0.25, -0.2) is 4.79 Å². The quantitative estimate of drug-likeness (QED) is 0.187. The van der Waals surface area contributed by atoms with Crippen molar-refractivity contribution in [1.29, 1.82) is 0 Å². The monoisotopic (exact) mass is 472 g/mol. The molecule has 0 saturated carbocycles. The maximum absolute atomic E-state index is 12.9. The van der Waals surface area contributed by atoms with Crippen LogP contribution < -0.4 is 16.4 Å². The lowest BCUT2D eigenvalue weighted by atomic mass is 10.0. The van der Waals surface area contributed by atoms with Crippen LogP contribution in [0, 0.1) is 5.92 Å². The van der Waals surface area contributed by atoms with E-state index in [1.54, 1.807) is 13.8 Å².